The summed E-state index contributed by atoms with van der Waals surface area (Å²) in [6.07, 6.45) is 0.785. The first kappa shape index (κ1) is 18.7. The molecule has 1 saturated heterocycles. The first-order chi connectivity index (χ1) is 10.3. The fourth-order valence-corrected chi connectivity index (χ4v) is 2.39. The van der Waals surface area contributed by atoms with Gasteiger partial charge in [-0.1, -0.05) is 0 Å². The third-order valence-corrected chi connectivity index (χ3v) is 3.47. The van der Waals surface area contributed by atoms with E-state index in [1.54, 1.807) is 16.9 Å². The Kier molecular flexibility index (Phi) is 7.09. The van der Waals surface area contributed by atoms with Crippen molar-refractivity contribution in [3.63, 3.8) is 0 Å². The summed E-state index contributed by atoms with van der Waals surface area (Å²) in [5, 5.41) is 0. The van der Waals surface area contributed by atoms with E-state index in [4.69, 9.17) is 15.2 Å². The normalized spacial score (nSPS) is 19.2. The average Bonchev–Trinajstić information content (AvgIpc) is 2.44. The highest BCUT2D eigenvalue weighted by molar-refractivity contribution is 5.77. The van der Waals surface area contributed by atoms with Crippen LogP contribution in [0.25, 0.3) is 0 Å². The molecule has 0 aromatic rings. The lowest BCUT2D eigenvalue weighted by atomic mass is 10.1. The first-order valence-corrected chi connectivity index (χ1v) is 7.75. The van der Waals surface area contributed by atoms with E-state index in [2.05, 4.69) is 0 Å². The third-order valence-electron chi connectivity index (χ3n) is 3.47. The van der Waals surface area contributed by atoms with Crippen LogP contribution >= 0.6 is 0 Å². The molecule has 1 heterocycles. The van der Waals surface area contributed by atoms with Crippen LogP contribution in [0.2, 0.25) is 0 Å². The molecule has 128 valence electrons. The Balaban J connectivity index is 2.56. The standard InChI is InChI=1S/C15H29N3O4/c1-15(2,3)22-14(20)17-7-8-18(12(10-16)11-17)13(19)6-5-9-21-4/h12H,5-11,16H2,1-4H3. The number of rotatable bonds is 5. The van der Waals surface area contributed by atoms with Gasteiger partial charge in [-0.2, -0.15) is 0 Å². The molecule has 1 aliphatic rings. The molecule has 0 aromatic carbocycles. The Morgan fingerprint density at radius 2 is 1.95 bits per heavy atom. The van der Waals surface area contributed by atoms with Crippen molar-refractivity contribution in [2.75, 3.05) is 39.9 Å². The largest absolute Gasteiger partial charge is 0.444 e. The predicted octanol–water partition coefficient (Wildman–Crippen LogP) is 0.820. The summed E-state index contributed by atoms with van der Waals surface area (Å²) in [5.74, 6) is 0.0661. The summed E-state index contributed by atoms with van der Waals surface area (Å²) < 4.78 is 10.3. The molecule has 1 unspecified atom stereocenters. The topological polar surface area (TPSA) is 85.1 Å². The Labute approximate surface area is 132 Å². The highest BCUT2D eigenvalue weighted by Crippen LogP contribution is 2.15. The lowest BCUT2D eigenvalue weighted by Crippen LogP contribution is -2.59. The van der Waals surface area contributed by atoms with Crippen LogP contribution in [0.3, 0.4) is 0 Å². The van der Waals surface area contributed by atoms with Crippen LogP contribution in [0.15, 0.2) is 0 Å². The highest BCUT2D eigenvalue weighted by Gasteiger charge is 2.33. The molecule has 1 rings (SSSR count). The average molecular weight is 315 g/mol. The molecule has 7 nitrogen and oxygen atoms in total. The van der Waals surface area contributed by atoms with Gasteiger partial charge >= 0.3 is 6.09 Å². The molecule has 1 atom stereocenters. The van der Waals surface area contributed by atoms with E-state index in [1.807, 2.05) is 20.8 Å². The van der Waals surface area contributed by atoms with Gasteiger partial charge in [0.25, 0.3) is 0 Å². The molecule has 7 heteroatoms. The van der Waals surface area contributed by atoms with E-state index >= 15 is 0 Å². The summed E-state index contributed by atoms with van der Waals surface area (Å²) in [4.78, 5) is 27.7. The van der Waals surface area contributed by atoms with Crippen molar-refractivity contribution in [2.24, 2.45) is 5.73 Å². The second-order valence-corrected chi connectivity index (χ2v) is 6.50. The van der Waals surface area contributed by atoms with Gasteiger partial charge in [-0.05, 0) is 27.2 Å². The number of hydrogen-bond donors (Lipinski definition) is 1. The lowest BCUT2D eigenvalue weighted by molar-refractivity contribution is -0.136. The van der Waals surface area contributed by atoms with Crippen molar-refractivity contribution in [3.05, 3.63) is 0 Å². The van der Waals surface area contributed by atoms with Gasteiger partial charge in [-0.15, -0.1) is 0 Å². The minimum Gasteiger partial charge on any atom is -0.444 e. The van der Waals surface area contributed by atoms with Crippen molar-refractivity contribution in [2.45, 2.75) is 45.3 Å². The molecule has 0 saturated carbocycles. The molecule has 0 spiro atoms. The summed E-state index contributed by atoms with van der Waals surface area (Å²) >= 11 is 0. The number of methoxy groups -OCH3 is 1. The predicted molar refractivity (Wildman–Crippen MR) is 83.5 cm³/mol. The molecule has 22 heavy (non-hydrogen) atoms. The van der Waals surface area contributed by atoms with Crippen LogP contribution in [0.1, 0.15) is 33.6 Å². The minimum atomic E-state index is -0.525. The number of amides is 2. The summed E-state index contributed by atoms with van der Waals surface area (Å²) in [6.45, 7) is 7.78. The van der Waals surface area contributed by atoms with Crippen LogP contribution in [0.5, 0.6) is 0 Å². The number of piperazine rings is 1. The molecule has 1 aliphatic heterocycles. The maximum Gasteiger partial charge on any atom is 0.410 e. The van der Waals surface area contributed by atoms with Gasteiger partial charge in [0.15, 0.2) is 0 Å². The Morgan fingerprint density at radius 3 is 2.50 bits per heavy atom. The van der Waals surface area contributed by atoms with Crippen LogP contribution in [0, 0.1) is 0 Å². The van der Waals surface area contributed by atoms with Crippen molar-refractivity contribution in [3.8, 4) is 0 Å². The SMILES string of the molecule is COCCCC(=O)N1CCN(C(=O)OC(C)(C)C)CC1CN. The van der Waals surface area contributed by atoms with E-state index in [0.717, 1.165) is 0 Å². The molecule has 0 bridgehead atoms. The van der Waals surface area contributed by atoms with Crippen molar-refractivity contribution >= 4 is 12.0 Å². The Morgan fingerprint density at radius 1 is 1.27 bits per heavy atom. The lowest BCUT2D eigenvalue weighted by Gasteiger charge is -2.41. The molecule has 2 amide bonds. The maximum absolute atomic E-state index is 12.2. The molecular formula is C15H29N3O4. The van der Waals surface area contributed by atoms with E-state index in [0.29, 0.717) is 45.6 Å². The fourth-order valence-electron chi connectivity index (χ4n) is 2.39. The Hall–Kier alpha value is -1.34. The first-order valence-electron chi connectivity index (χ1n) is 7.75. The van der Waals surface area contributed by atoms with Crippen LogP contribution in [-0.4, -0.2) is 73.3 Å². The second-order valence-electron chi connectivity index (χ2n) is 6.50. The second kappa shape index (κ2) is 8.33. The summed E-state index contributed by atoms with van der Waals surface area (Å²) in [6, 6.07) is -0.156. The molecular weight excluding hydrogens is 286 g/mol. The van der Waals surface area contributed by atoms with Gasteiger partial charge in [-0.3, -0.25) is 4.79 Å². The number of carbonyl (C=O) groups excluding carboxylic acids is 2. The van der Waals surface area contributed by atoms with Gasteiger partial charge in [0, 0.05) is 46.3 Å². The number of carbonyl (C=O) groups is 2. The van der Waals surface area contributed by atoms with E-state index in [-0.39, 0.29) is 18.0 Å². The van der Waals surface area contributed by atoms with Crippen molar-refractivity contribution < 1.29 is 19.1 Å². The van der Waals surface area contributed by atoms with Crippen LogP contribution in [0.4, 0.5) is 4.79 Å². The van der Waals surface area contributed by atoms with Crippen LogP contribution in [-0.2, 0) is 14.3 Å². The van der Waals surface area contributed by atoms with E-state index in [1.165, 1.54) is 0 Å². The van der Waals surface area contributed by atoms with Crippen molar-refractivity contribution in [1.82, 2.24) is 9.80 Å². The maximum atomic E-state index is 12.2. The third kappa shape index (κ3) is 5.81. The van der Waals surface area contributed by atoms with Gasteiger partial charge in [-0.25, -0.2) is 4.79 Å². The number of ether oxygens (including phenoxy) is 2. The fraction of sp³-hybridized carbons (Fsp3) is 0.867. The highest BCUT2D eigenvalue weighted by atomic mass is 16.6. The molecule has 1 fully saturated rings. The van der Waals surface area contributed by atoms with E-state index in [9.17, 15) is 9.59 Å². The zero-order chi connectivity index (χ0) is 16.8. The van der Waals surface area contributed by atoms with E-state index < -0.39 is 5.60 Å². The molecule has 0 aromatic heterocycles. The number of nitrogens with two attached hydrogens (primary N) is 1. The minimum absolute atomic E-state index is 0.0661. The zero-order valence-corrected chi connectivity index (χ0v) is 14.1. The van der Waals surface area contributed by atoms with Crippen LogP contribution < -0.4 is 5.73 Å². The van der Waals surface area contributed by atoms with Gasteiger partial charge in [0.2, 0.25) is 5.91 Å². The van der Waals surface area contributed by atoms with Gasteiger partial charge in [0.1, 0.15) is 5.60 Å². The molecule has 0 aliphatic carbocycles. The van der Waals surface area contributed by atoms with Gasteiger partial charge in [0.05, 0.1) is 6.04 Å². The monoisotopic (exact) mass is 315 g/mol. The Bertz CT molecular complexity index is 381. The number of hydrogen-bond acceptors (Lipinski definition) is 5. The smallest absolute Gasteiger partial charge is 0.410 e. The quantitative estimate of drug-likeness (QED) is 0.759. The molecule has 2 N–H and O–H groups in total. The number of nitrogens with zero attached hydrogens (tertiary/aromatic N) is 2. The van der Waals surface area contributed by atoms with Gasteiger partial charge < -0.3 is 25.0 Å². The summed E-state index contributed by atoms with van der Waals surface area (Å²) in [7, 11) is 1.62. The zero-order valence-electron chi connectivity index (χ0n) is 14.1. The van der Waals surface area contributed by atoms with Crippen molar-refractivity contribution in [1.29, 1.82) is 0 Å². The summed E-state index contributed by atoms with van der Waals surface area (Å²) in [5.41, 5.74) is 5.25. The molecule has 0 radical (unpaired) electrons.